The van der Waals surface area contributed by atoms with Gasteiger partial charge in [-0.15, -0.1) is 0 Å². The van der Waals surface area contributed by atoms with Crippen LogP contribution in [0.25, 0.3) is 0 Å². The first-order chi connectivity index (χ1) is 12.7. The average molecular weight is 353 g/mol. The molecule has 2 fully saturated rings. The molecule has 1 aromatic heterocycles. The summed E-state index contributed by atoms with van der Waals surface area (Å²) in [5, 5.41) is 7.31. The minimum Gasteiger partial charge on any atom is -0.368 e. The molecule has 1 aliphatic heterocycles. The van der Waals surface area contributed by atoms with Crippen molar-refractivity contribution in [1.29, 1.82) is 0 Å². The lowest BCUT2D eigenvalue weighted by atomic mass is 10.2. The van der Waals surface area contributed by atoms with E-state index in [1.165, 1.54) is 16.4 Å². The number of hydrogen-bond donors (Lipinski definition) is 1. The zero-order valence-corrected chi connectivity index (χ0v) is 14.7. The van der Waals surface area contributed by atoms with Gasteiger partial charge in [-0.05, 0) is 31.0 Å². The van der Waals surface area contributed by atoms with Crippen LogP contribution in [0.1, 0.15) is 12.8 Å². The van der Waals surface area contributed by atoms with Crippen molar-refractivity contribution >= 4 is 17.4 Å². The molecule has 0 bridgehead atoms. The Morgan fingerprint density at radius 1 is 1.00 bits per heavy atom. The molecule has 7 heteroatoms. The van der Waals surface area contributed by atoms with Crippen LogP contribution in [0.3, 0.4) is 0 Å². The second kappa shape index (κ2) is 7.19. The number of aromatic nitrogens is 2. The molecule has 136 valence electrons. The number of para-hydroxylation sites is 1. The van der Waals surface area contributed by atoms with E-state index in [0.717, 1.165) is 44.8 Å². The largest absolute Gasteiger partial charge is 0.368 e. The van der Waals surface area contributed by atoms with E-state index in [1.54, 1.807) is 6.07 Å². The molecule has 26 heavy (non-hydrogen) atoms. The van der Waals surface area contributed by atoms with Gasteiger partial charge in [-0.1, -0.05) is 18.2 Å². The Morgan fingerprint density at radius 2 is 1.69 bits per heavy atom. The maximum atomic E-state index is 12.0. The topological polar surface area (TPSA) is 70.5 Å². The van der Waals surface area contributed by atoms with E-state index in [1.807, 2.05) is 18.2 Å². The third-order valence-electron chi connectivity index (χ3n) is 4.81. The Balaban J connectivity index is 1.41. The third-order valence-corrected chi connectivity index (χ3v) is 4.81. The summed E-state index contributed by atoms with van der Waals surface area (Å²) in [5.41, 5.74) is 0.976. The molecule has 2 aliphatic rings. The van der Waals surface area contributed by atoms with Crippen molar-refractivity contribution in [2.75, 3.05) is 36.0 Å². The molecule has 1 aromatic carbocycles. The second-order valence-corrected chi connectivity index (χ2v) is 6.84. The van der Waals surface area contributed by atoms with E-state index >= 15 is 0 Å². The van der Waals surface area contributed by atoms with Crippen molar-refractivity contribution < 1.29 is 4.79 Å². The summed E-state index contributed by atoms with van der Waals surface area (Å²) in [6, 6.07) is 13.9. The summed E-state index contributed by atoms with van der Waals surface area (Å²) >= 11 is 0. The summed E-state index contributed by atoms with van der Waals surface area (Å²) in [4.78, 5) is 28.5. The highest BCUT2D eigenvalue weighted by atomic mass is 16.2. The third kappa shape index (κ3) is 3.87. The first-order valence-electron chi connectivity index (χ1n) is 9.11. The summed E-state index contributed by atoms with van der Waals surface area (Å²) in [6.07, 6.45) is 2.06. The summed E-state index contributed by atoms with van der Waals surface area (Å²) in [5.74, 6) is 0.602. The van der Waals surface area contributed by atoms with Gasteiger partial charge in [0.05, 0.1) is 0 Å². The van der Waals surface area contributed by atoms with Gasteiger partial charge < -0.3 is 15.1 Å². The molecule has 7 nitrogen and oxygen atoms in total. The van der Waals surface area contributed by atoms with Crippen LogP contribution in [0.5, 0.6) is 0 Å². The van der Waals surface area contributed by atoms with Crippen molar-refractivity contribution in [1.82, 2.24) is 15.1 Å². The molecule has 1 N–H and O–H groups in total. The van der Waals surface area contributed by atoms with Gasteiger partial charge in [0.25, 0.3) is 5.56 Å². The van der Waals surface area contributed by atoms with Crippen molar-refractivity contribution in [3.8, 4) is 0 Å². The normalized spacial score (nSPS) is 17.2. The van der Waals surface area contributed by atoms with Crippen LogP contribution in [0.2, 0.25) is 0 Å². The van der Waals surface area contributed by atoms with Gasteiger partial charge in [0.1, 0.15) is 12.4 Å². The maximum absolute atomic E-state index is 12.0. The molecule has 0 spiro atoms. The summed E-state index contributed by atoms with van der Waals surface area (Å²) in [7, 11) is 0. The Morgan fingerprint density at radius 3 is 2.38 bits per heavy atom. The predicted octanol–water partition coefficient (Wildman–Crippen LogP) is 0.848. The number of nitrogens with zero attached hydrogens (tertiary/aromatic N) is 4. The fourth-order valence-electron chi connectivity index (χ4n) is 3.19. The van der Waals surface area contributed by atoms with E-state index in [0.29, 0.717) is 0 Å². The molecule has 1 saturated heterocycles. The Hall–Kier alpha value is -2.83. The van der Waals surface area contributed by atoms with Crippen molar-refractivity contribution in [2.24, 2.45) is 0 Å². The molecular formula is C19H23N5O2. The number of amides is 1. The molecule has 2 aromatic rings. The van der Waals surface area contributed by atoms with Crippen LogP contribution in [0.15, 0.2) is 47.3 Å². The predicted molar refractivity (Wildman–Crippen MR) is 101 cm³/mol. The minimum absolute atomic E-state index is 0.0207. The Kier molecular flexibility index (Phi) is 4.60. The first-order valence-corrected chi connectivity index (χ1v) is 9.11. The van der Waals surface area contributed by atoms with Gasteiger partial charge in [-0.2, -0.15) is 5.10 Å². The minimum atomic E-state index is -0.248. The standard InChI is InChI=1S/C19H23N5O2/c25-18(20-15-6-7-15)14-24-19(26)9-8-17(21-24)23-12-10-22(11-13-23)16-4-2-1-3-5-16/h1-5,8-9,15H,6-7,10-14H2,(H,20,25). The number of piperazine rings is 1. The lowest BCUT2D eigenvalue weighted by Crippen LogP contribution is -2.47. The molecule has 4 rings (SSSR count). The Labute approximate surface area is 152 Å². The van der Waals surface area contributed by atoms with Gasteiger partial charge in [0.2, 0.25) is 5.91 Å². The number of nitrogens with one attached hydrogen (secondary N) is 1. The van der Waals surface area contributed by atoms with Crippen LogP contribution in [-0.4, -0.2) is 47.9 Å². The fourth-order valence-corrected chi connectivity index (χ4v) is 3.19. The van der Waals surface area contributed by atoms with Gasteiger partial charge in [-0.3, -0.25) is 9.59 Å². The van der Waals surface area contributed by atoms with E-state index in [-0.39, 0.29) is 24.1 Å². The first kappa shape index (κ1) is 16.6. The highest BCUT2D eigenvalue weighted by Gasteiger charge is 2.24. The SMILES string of the molecule is O=C(Cn1nc(N2CCN(c3ccccc3)CC2)ccc1=O)NC1CC1. The molecule has 0 radical (unpaired) electrons. The highest BCUT2D eigenvalue weighted by molar-refractivity contribution is 5.76. The van der Waals surface area contributed by atoms with E-state index in [4.69, 9.17) is 0 Å². The van der Waals surface area contributed by atoms with E-state index < -0.39 is 0 Å². The number of rotatable bonds is 5. The fraction of sp³-hybridized carbons (Fsp3) is 0.421. The monoisotopic (exact) mass is 353 g/mol. The van der Waals surface area contributed by atoms with Crippen LogP contribution in [-0.2, 0) is 11.3 Å². The lowest BCUT2D eigenvalue weighted by Gasteiger charge is -2.36. The summed E-state index contributed by atoms with van der Waals surface area (Å²) < 4.78 is 1.26. The number of anilines is 2. The maximum Gasteiger partial charge on any atom is 0.267 e. The summed E-state index contributed by atoms with van der Waals surface area (Å²) in [6.45, 7) is 3.43. The Bertz CT molecular complexity index is 823. The van der Waals surface area contributed by atoms with Gasteiger partial charge in [0.15, 0.2) is 0 Å². The molecule has 0 unspecified atom stereocenters. The van der Waals surface area contributed by atoms with Crippen LogP contribution in [0.4, 0.5) is 11.5 Å². The van der Waals surface area contributed by atoms with Crippen LogP contribution >= 0.6 is 0 Å². The molecule has 1 aliphatic carbocycles. The quantitative estimate of drug-likeness (QED) is 0.863. The number of carbonyl (C=O) groups excluding carboxylic acids is 1. The molecule has 1 amide bonds. The number of benzene rings is 1. The zero-order chi connectivity index (χ0) is 17.9. The van der Waals surface area contributed by atoms with E-state index in [9.17, 15) is 9.59 Å². The smallest absolute Gasteiger partial charge is 0.267 e. The van der Waals surface area contributed by atoms with Crippen LogP contribution < -0.4 is 20.7 Å². The average Bonchev–Trinajstić information content (AvgIpc) is 3.48. The van der Waals surface area contributed by atoms with Crippen molar-refractivity contribution in [3.05, 3.63) is 52.8 Å². The zero-order valence-electron chi connectivity index (χ0n) is 14.7. The van der Waals surface area contributed by atoms with Gasteiger partial charge in [0, 0.05) is 44.0 Å². The second-order valence-electron chi connectivity index (χ2n) is 6.84. The van der Waals surface area contributed by atoms with Gasteiger partial charge >= 0.3 is 0 Å². The molecule has 0 atom stereocenters. The number of hydrogen-bond acceptors (Lipinski definition) is 5. The van der Waals surface area contributed by atoms with E-state index in [2.05, 4.69) is 32.3 Å². The van der Waals surface area contributed by atoms with Gasteiger partial charge in [-0.25, -0.2) is 4.68 Å². The van der Waals surface area contributed by atoms with Crippen molar-refractivity contribution in [2.45, 2.75) is 25.4 Å². The highest BCUT2D eigenvalue weighted by Crippen LogP contribution is 2.19. The number of carbonyl (C=O) groups is 1. The molecule has 2 heterocycles. The molecule has 1 saturated carbocycles. The molecular weight excluding hydrogens is 330 g/mol. The lowest BCUT2D eigenvalue weighted by molar-refractivity contribution is -0.122. The van der Waals surface area contributed by atoms with Crippen molar-refractivity contribution in [3.63, 3.8) is 0 Å². The van der Waals surface area contributed by atoms with Crippen LogP contribution in [0, 0.1) is 0 Å².